The summed E-state index contributed by atoms with van der Waals surface area (Å²) in [4.78, 5) is 0. The smallest absolute Gasteiger partial charge is 1.00 e. The van der Waals surface area contributed by atoms with Crippen LogP contribution in [0.2, 0.25) is 6.55 Å². The summed E-state index contributed by atoms with van der Waals surface area (Å²) < 4.78 is 0. The van der Waals surface area contributed by atoms with E-state index in [2.05, 4.69) is 86.2 Å². The van der Waals surface area contributed by atoms with Gasteiger partial charge in [0.05, 0.1) is 0 Å². The number of rotatable bonds is 1. The molecule has 29 heavy (non-hydrogen) atoms. The minimum Gasteiger partial charge on any atom is -1.00 e. The first-order chi connectivity index (χ1) is 13.2. The number of allylic oxidation sites excluding steroid dienone is 8. The van der Waals surface area contributed by atoms with Crippen LogP contribution >= 0.6 is 0 Å². The Labute approximate surface area is 205 Å². The summed E-state index contributed by atoms with van der Waals surface area (Å²) in [6, 6.07) is 10.8. The second-order valence-electron chi connectivity index (χ2n) is 7.61. The van der Waals surface area contributed by atoms with Gasteiger partial charge in [-0.2, -0.15) is 0 Å². The Balaban J connectivity index is 0.000000210. The first kappa shape index (κ1) is 26.6. The second-order valence-corrected chi connectivity index (χ2v) is 17.5. The molecule has 0 aromatic heterocycles. The molecule has 2 unspecified atom stereocenters. The van der Waals surface area contributed by atoms with Crippen molar-refractivity contribution in [1.82, 2.24) is 0 Å². The molecule has 154 valence electrons. The molecule has 0 aliphatic heterocycles. The summed E-state index contributed by atoms with van der Waals surface area (Å²) in [7, 11) is 0. The van der Waals surface area contributed by atoms with Crippen molar-refractivity contribution in [3.05, 3.63) is 90.8 Å². The Morgan fingerprint density at radius 2 is 1.31 bits per heavy atom. The van der Waals surface area contributed by atoms with E-state index in [1.165, 1.54) is 61.5 Å². The van der Waals surface area contributed by atoms with Crippen LogP contribution in [-0.4, -0.2) is 5.49 Å². The van der Waals surface area contributed by atoms with Crippen LogP contribution in [0.3, 0.4) is 0 Å². The van der Waals surface area contributed by atoms with E-state index in [0.29, 0.717) is 0 Å². The van der Waals surface area contributed by atoms with Crippen molar-refractivity contribution in [3.63, 3.8) is 0 Å². The Morgan fingerprint density at radius 1 is 0.828 bits per heavy atom. The van der Waals surface area contributed by atoms with Gasteiger partial charge >= 0.3 is 70.6 Å². The quantitative estimate of drug-likeness (QED) is 0.313. The Bertz CT molecular complexity index is 709. The summed E-state index contributed by atoms with van der Waals surface area (Å²) in [5, 5.41) is 1.58. The number of halogens is 2. The van der Waals surface area contributed by atoms with Gasteiger partial charge in [0.1, 0.15) is 0 Å². The fourth-order valence-electron chi connectivity index (χ4n) is 4.02. The minimum atomic E-state index is -0.0733. The van der Waals surface area contributed by atoms with Crippen molar-refractivity contribution >= 4 is 10.7 Å². The average Bonchev–Trinajstić information content (AvgIpc) is 3.39. The molecule has 1 aromatic rings. The topological polar surface area (TPSA) is 0 Å². The molecule has 0 spiro atoms. The average molecular weight is 608 g/mol. The van der Waals surface area contributed by atoms with Gasteiger partial charge in [-0.15, -0.1) is 37.1 Å². The number of fused-ring (bicyclic) bond motifs is 2. The van der Waals surface area contributed by atoms with Gasteiger partial charge in [-0.1, -0.05) is 12.8 Å². The van der Waals surface area contributed by atoms with E-state index in [9.17, 15) is 0 Å². The Kier molecular flexibility index (Phi) is 13.4. The van der Waals surface area contributed by atoms with Crippen molar-refractivity contribution in [3.8, 4) is 0 Å². The number of benzene rings is 1. The van der Waals surface area contributed by atoms with Gasteiger partial charge in [-0.25, -0.2) is 36.1 Å². The monoisotopic (exact) mass is 608 g/mol. The first-order valence-electron chi connectivity index (χ1n) is 10.2. The molecular formula is C25H30Cl2HfSi-2. The van der Waals surface area contributed by atoms with E-state index in [1.807, 2.05) is 0 Å². The van der Waals surface area contributed by atoms with Crippen LogP contribution in [0.15, 0.2) is 77.9 Å². The van der Waals surface area contributed by atoms with Gasteiger partial charge in [0.2, 0.25) is 0 Å². The molecule has 5 rings (SSSR count). The molecule has 4 aliphatic rings. The zero-order valence-corrected chi connectivity index (χ0v) is 23.3. The van der Waals surface area contributed by atoms with Crippen LogP contribution < -0.4 is 30.0 Å². The molecule has 0 nitrogen and oxygen atoms in total. The maximum absolute atomic E-state index is 2.37. The number of hydrogen-bond donors (Lipinski definition) is 0. The largest absolute Gasteiger partial charge is 1.00 e. The SMILES string of the molecule is C1=CCC2CC[CH-]C2=C1.C1=CCC2CC[CH-]C2=C1.C[Si](=[Hf+2])c1ccccc1.[Cl-].[Cl-]. The van der Waals surface area contributed by atoms with Gasteiger partial charge in [0.25, 0.3) is 0 Å². The molecule has 4 heteroatoms. The molecule has 4 aliphatic carbocycles. The third-order valence-corrected chi connectivity index (χ3v) is 9.94. The number of hydrogen-bond acceptors (Lipinski definition) is 0. The fourth-order valence-corrected chi connectivity index (χ4v) is 6.51. The van der Waals surface area contributed by atoms with Crippen LogP contribution in [0.25, 0.3) is 0 Å². The molecule has 0 bridgehead atoms. The van der Waals surface area contributed by atoms with Gasteiger partial charge in [0, 0.05) is 0 Å². The van der Waals surface area contributed by atoms with E-state index >= 15 is 0 Å². The van der Waals surface area contributed by atoms with Crippen molar-refractivity contribution in [2.45, 2.75) is 45.1 Å². The van der Waals surface area contributed by atoms with Crippen molar-refractivity contribution in [2.24, 2.45) is 11.8 Å². The summed E-state index contributed by atoms with van der Waals surface area (Å²) in [5.41, 5.74) is 3.09. The Hall–Kier alpha value is -0.413. The third kappa shape index (κ3) is 8.69. The molecule has 1 aromatic carbocycles. The van der Waals surface area contributed by atoms with Crippen LogP contribution in [0.1, 0.15) is 38.5 Å². The zero-order chi connectivity index (χ0) is 18.9. The van der Waals surface area contributed by atoms with Gasteiger partial charge in [-0.3, -0.25) is 0 Å². The molecule has 0 N–H and O–H groups in total. The molecule has 2 saturated carbocycles. The molecule has 2 fully saturated rings. The minimum absolute atomic E-state index is 0. The summed E-state index contributed by atoms with van der Waals surface area (Å²) in [6.07, 6.45) is 26.1. The van der Waals surface area contributed by atoms with Crippen molar-refractivity contribution < 1.29 is 47.8 Å². The van der Waals surface area contributed by atoms with E-state index in [1.54, 1.807) is 16.3 Å². The summed E-state index contributed by atoms with van der Waals surface area (Å²) in [5.74, 6) is 1.77. The van der Waals surface area contributed by atoms with E-state index in [0.717, 1.165) is 11.8 Å². The molecule has 2 atom stereocenters. The van der Waals surface area contributed by atoms with Crippen LogP contribution in [0.5, 0.6) is 0 Å². The molecule has 0 amide bonds. The summed E-state index contributed by atoms with van der Waals surface area (Å²) >= 11 is 1.36. The maximum Gasteiger partial charge on any atom is -1.00 e. The van der Waals surface area contributed by atoms with E-state index < -0.39 is 0 Å². The van der Waals surface area contributed by atoms with Gasteiger partial charge < -0.3 is 24.8 Å². The van der Waals surface area contributed by atoms with Gasteiger partial charge in [-0.05, 0) is 24.7 Å². The van der Waals surface area contributed by atoms with Crippen molar-refractivity contribution in [2.75, 3.05) is 0 Å². The van der Waals surface area contributed by atoms with Crippen molar-refractivity contribution in [1.29, 1.82) is 0 Å². The molecular weight excluding hydrogens is 578 g/mol. The van der Waals surface area contributed by atoms with Crippen LogP contribution in [-0.2, 0) is 23.0 Å². The van der Waals surface area contributed by atoms with Crippen LogP contribution in [0.4, 0.5) is 0 Å². The molecule has 0 heterocycles. The predicted molar refractivity (Wildman–Crippen MR) is 115 cm³/mol. The Morgan fingerprint density at radius 3 is 1.69 bits per heavy atom. The standard InChI is InChI=1S/2C9H11.C7H8Si.2ClH.Hf/c2*1-2-5-9-7-3-6-8(9)4-1;1-8-7-5-3-2-4-6-7;;;/h2*1-2,4,6,9H,3,5,7H2;2-6H,1H3;2*1H;/q2*-1;;;;+2/p-2. The summed E-state index contributed by atoms with van der Waals surface area (Å²) in [6.45, 7) is 2.37. The van der Waals surface area contributed by atoms with E-state index in [-0.39, 0.29) is 30.3 Å². The first-order valence-corrected chi connectivity index (χ1v) is 17.6. The molecule has 0 radical (unpaired) electrons. The normalized spacial score (nSPS) is 22.2. The maximum atomic E-state index is 2.37. The fraction of sp³-hybridized carbons (Fsp3) is 0.360. The third-order valence-electron chi connectivity index (χ3n) is 5.63. The predicted octanol–water partition coefficient (Wildman–Crippen LogP) is 0.0437. The van der Waals surface area contributed by atoms with E-state index in [4.69, 9.17) is 0 Å². The van der Waals surface area contributed by atoms with Gasteiger partial charge in [0.15, 0.2) is 0 Å². The zero-order valence-electron chi connectivity index (χ0n) is 17.2. The second kappa shape index (κ2) is 14.6. The van der Waals surface area contributed by atoms with Crippen LogP contribution in [0, 0.1) is 24.7 Å². The molecule has 0 saturated heterocycles.